The summed E-state index contributed by atoms with van der Waals surface area (Å²) in [6.07, 6.45) is 7.93. The van der Waals surface area contributed by atoms with Gasteiger partial charge >= 0.3 is 5.97 Å². The van der Waals surface area contributed by atoms with Gasteiger partial charge in [-0.2, -0.15) is 0 Å². The first-order chi connectivity index (χ1) is 9.02. The van der Waals surface area contributed by atoms with Gasteiger partial charge in [-0.1, -0.05) is 19.4 Å². The summed E-state index contributed by atoms with van der Waals surface area (Å²) in [5.41, 5.74) is 1.26. The molecule has 0 aromatic rings. The van der Waals surface area contributed by atoms with E-state index in [0.29, 0.717) is 12.0 Å². The zero-order chi connectivity index (χ0) is 13.7. The van der Waals surface area contributed by atoms with Crippen molar-refractivity contribution in [2.45, 2.75) is 52.1 Å². The van der Waals surface area contributed by atoms with Crippen LogP contribution >= 0.6 is 0 Å². The minimum Gasteiger partial charge on any atom is -0.469 e. The Morgan fingerprint density at radius 3 is 2.89 bits per heavy atom. The minimum atomic E-state index is -0.323. The van der Waals surface area contributed by atoms with Gasteiger partial charge in [0.05, 0.1) is 25.2 Å². The summed E-state index contributed by atoms with van der Waals surface area (Å²) < 4.78 is 10.9. The Kier molecular flexibility index (Phi) is 3.01. The number of ether oxygens (including phenoxy) is 2. The van der Waals surface area contributed by atoms with Crippen LogP contribution in [0.2, 0.25) is 0 Å². The summed E-state index contributed by atoms with van der Waals surface area (Å²) >= 11 is 0. The normalized spacial score (nSPS) is 45.1. The maximum atomic E-state index is 12.3. The molecule has 0 aromatic heterocycles. The van der Waals surface area contributed by atoms with Crippen LogP contribution in [0.4, 0.5) is 0 Å². The largest absolute Gasteiger partial charge is 0.469 e. The number of hydrogen-bond donors (Lipinski definition) is 0. The van der Waals surface area contributed by atoms with Gasteiger partial charge < -0.3 is 9.47 Å². The van der Waals surface area contributed by atoms with E-state index in [4.69, 9.17) is 9.47 Å². The van der Waals surface area contributed by atoms with Crippen molar-refractivity contribution in [1.82, 2.24) is 0 Å². The molecule has 0 spiro atoms. The molecule has 1 heterocycles. The highest BCUT2D eigenvalue weighted by atomic mass is 16.5. The van der Waals surface area contributed by atoms with Crippen LogP contribution in [0.3, 0.4) is 0 Å². The van der Waals surface area contributed by atoms with Crippen LogP contribution in [0.15, 0.2) is 11.6 Å². The SMILES string of the molecule is COC(=O)[C@@]1(C)CCC[C@]2(C)C3=CCO[C@H]3CC[C@@H]12. The zero-order valence-corrected chi connectivity index (χ0v) is 12.2. The molecule has 106 valence electrons. The molecule has 0 unspecified atom stereocenters. The van der Waals surface area contributed by atoms with Gasteiger partial charge in [-0.25, -0.2) is 0 Å². The van der Waals surface area contributed by atoms with Crippen molar-refractivity contribution in [2.75, 3.05) is 13.7 Å². The molecular weight excluding hydrogens is 240 g/mol. The molecule has 2 fully saturated rings. The van der Waals surface area contributed by atoms with Crippen molar-refractivity contribution in [3.8, 4) is 0 Å². The lowest BCUT2D eigenvalue weighted by molar-refractivity contribution is -0.164. The lowest BCUT2D eigenvalue weighted by atomic mass is 9.49. The Labute approximate surface area is 115 Å². The van der Waals surface area contributed by atoms with Gasteiger partial charge in [-0.15, -0.1) is 0 Å². The summed E-state index contributed by atoms with van der Waals surface area (Å²) in [6, 6.07) is 0. The van der Waals surface area contributed by atoms with Crippen molar-refractivity contribution in [1.29, 1.82) is 0 Å². The van der Waals surface area contributed by atoms with E-state index in [1.807, 2.05) is 0 Å². The molecule has 3 heteroatoms. The third kappa shape index (κ3) is 1.70. The lowest BCUT2D eigenvalue weighted by Gasteiger charge is -2.55. The Morgan fingerprint density at radius 2 is 2.16 bits per heavy atom. The molecule has 0 N–H and O–H groups in total. The van der Waals surface area contributed by atoms with E-state index < -0.39 is 0 Å². The van der Waals surface area contributed by atoms with Crippen LogP contribution in [-0.2, 0) is 14.3 Å². The van der Waals surface area contributed by atoms with Crippen molar-refractivity contribution in [3.63, 3.8) is 0 Å². The van der Waals surface area contributed by atoms with Crippen molar-refractivity contribution >= 4 is 5.97 Å². The molecule has 0 saturated heterocycles. The average Bonchev–Trinajstić information content (AvgIpc) is 2.87. The summed E-state index contributed by atoms with van der Waals surface area (Å²) in [4.78, 5) is 12.3. The first-order valence-electron chi connectivity index (χ1n) is 7.43. The molecule has 0 aromatic carbocycles. The smallest absolute Gasteiger partial charge is 0.311 e. The molecule has 2 aliphatic carbocycles. The molecular formula is C16H24O3. The summed E-state index contributed by atoms with van der Waals surface area (Å²) in [6.45, 7) is 5.19. The molecule has 2 saturated carbocycles. The van der Waals surface area contributed by atoms with E-state index >= 15 is 0 Å². The number of carbonyl (C=O) groups excluding carboxylic acids is 1. The highest BCUT2D eigenvalue weighted by Crippen LogP contribution is 2.61. The first kappa shape index (κ1) is 13.2. The number of rotatable bonds is 1. The highest BCUT2D eigenvalue weighted by Gasteiger charge is 2.57. The Balaban J connectivity index is 1.99. The molecule has 4 atom stereocenters. The molecule has 3 aliphatic rings. The predicted molar refractivity (Wildman–Crippen MR) is 72.6 cm³/mol. The fraction of sp³-hybridized carbons (Fsp3) is 0.812. The summed E-state index contributed by atoms with van der Waals surface area (Å²) in [5.74, 6) is 0.367. The van der Waals surface area contributed by atoms with E-state index in [1.54, 1.807) is 0 Å². The highest BCUT2D eigenvalue weighted by molar-refractivity contribution is 5.77. The molecule has 1 aliphatic heterocycles. The standard InChI is InChI=1S/C16H24O3/c1-15-8-4-9-16(2,14(17)18-3)13(15)6-5-12-11(15)7-10-19-12/h7,12-13H,4-6,8-10H2,1-3H3/t12-,13+,15+,16-/m0/s1. The quantitative estimate of drug-likeness (QED) is 0.539. The maximum absolute atomic E-state index is 12.3. The number of carbonyl (C=O) groups is 1. The van der Waals surface area contributed by atoms with E-state index in [9.17, 15) is 4.79 Å². The third-order valence-electron chi connectivity index (χ3n) is 5.91. The summed E-state index contributed by atoms with van der Waals surface area (Å²) in [5, 5.41) is 0. The van der Waals surface area contributed by atoms with Crippen LogP contribution in [0.1, 0.15) is 46.0 Å². The minimum absolute atomic E-state index is 0.0265. The van der Waals surface area contributed by atoms with E-state index in [2.05, 4.69) is 19.9 Å². The Hall–Kier alpha value is -0.830. The molecule has 0 radical (unpaired) electrons. The summed E-state index contributed by atoms with van der Waals surface area (Å²) in [7, 11) is 1.52. The average molecular weight is 264 g/mol. The van der Waals surface area contributed by atoms with Gasteiger partial charge in [0.1, 0.15) is 0 Å². The van der Waals surface area contributed by atoms with Crippen molar-refractivity contribution in [2.24, 2.45) is 16.7 Å². The van der Waals surface area contributed by atoms with Crippen LogP contribution in [0.25, 0.3) is 0 Å². The maximum Gasteiger partial charge on any atom is 0.311 e. The molecule has 3 nitrogen and oxygen atoms in total. The number of fused-ring (bicyclic) bond motifs is 3. The van der Waals surface area contributed by atoms with Gasteiger partial charge in [-0.3, -0.25) is 4.79 Å². The van der Waals surface area contributed by atoms with Gasteiger partial charge in [0, 0.05) is 0 Å². The fourth-order valence-electron chi connectivity index (χ4n) is 4.97. The Bertz CT molecular complexity index is 428. The van der Waals surface area contributed by atoms with Crippen LogP contribution in [0, 0.1) is 16.7 Å². The van der Waals surface area contributed by atoms with Crippen LogP contribution in [0.5, 0.6) is 0 Å². The number of methoxy groups -OCH3 is 1. The zero-order valence-electron chi connectivity index (χ0n) is 12.2. The third-order valence-corrected chi connectivity index (χ3v) is 5.91. The van der Waals surface area contributed by atoms with E-state index in [0.717, 1.165) is 32.3 Å². The second-order valence-electron chi connectivity index (χ2n) is 6.79. The molecule has 0 bridgehead atoms. The fourth-order valence-corrected chi connectivity index (χ4v) is 4.97. The van der Waals surface area contributed by atoms with Crippen molar-refractivity contribution < 1.29 is 14.3 Å². The lowest BCUT2D eigenvalue weighted by Crippen LogP contribution is -2.52. The molecule has 19 heavy (non-hydrogen) atoms. The molecule has 0 amide bonds. The van der Waals surface area contributed by atoms with Gasteiger partial charge in [0.25, 0.3) is 0 Å². The van der Waals surface area contributed by atoms with Gasteiger partial charge in [0.2, 0.25) is 0 Å². The van der Waals surface area contributed by atoms with Gasteiger partial charge in [0.15, 0.2) is 0 Å². The monoisotopic (exact) mass is 264 g/mol. The molecule has 3 rings (SSSR count). The first-order valence-corrected chi connectivity index (χ1v) is 7.43. The topological polar surface area (TPSA) is 35.5 Å². The number of hydrogen-bond acceptors (Lipinski definition) is 3. The second-order valence-corrected chi connectivity index (χ2v) is 6.79. The Morgan fingerprint density at radius 1 is 1.37 bits per heavy atom. The van der Waals surface area contributed by atoms with Crippen LogP contribution < -0.4 is 0 Å². The number of esters is 1. The van der Waals surface area contributed by atoms with E-state index in [-0.39, 0.29) is 16.8 Å². The van der Waals surface area contributed by atoms with Crippen molar-refractivity contribution in [3.05, 3.63) is 11.6 Å². The van der Waals surface area contributed by atoms with E-state index in [1.165, 1.54) is 19.1 Å². The van der Waals surface area contributed by atoms with Gasteiger partial charge in [-0.05, 0) is 49.5 Å². The predicted octanol–water partition coefficient (Wildman–Crippen LogP) is 3.09. The second kappa shape index (κ2) is 4.34. The van der Waals surface area contributed by atoms with Crippen LogP contribution in [-0.4, -0.2) is 25.8 Å².